The van der Waals surface area contributed by atoms with Crippen molar-refractivity contribution in [3.63, 3.8) is 0 Å². The third-order valence-corrected chi connectivity index (χ3v) is 1.47. The summed E-state index contributed by atoms with van der Waals surface area (Å²) in [5.41, 5.74) is 0. The fraction of sp³-hybridized carbons (Fsp3) is 0.833. The number of aliphatic hydroxyl groups excluding tert-OH is 2. The maximum Gasteiger partial charge on any atom is 0.338 e. The van der Waals surface area contributed by atoms with E-state index < -0.39 is 6.61 Å². The van der Waals surface area contributed by atoms with E-state index in [1.54, 1.807) is 14.1 Å². The fourth-order valence-electron chi connectivity index (χ4n) is 0.566. The molecule has 0 saturated heterocycles. The average molecular weight is 148 g/mol. The molecule has 0 bridgehead atoms. The molecule has 0 aromatic carbocycles. The second-order valence-electron chi connectivity index (χ2n) is 2.68. The predicted molar refractivity (Wildman–Crippen MR) is 36.2 cm³/mol. The van der Waals surface area contributed by atoms with Gasteiger partial charge >= 0.3 is 5.91 Å². The summed E-state index contributed by atoms with van der Waals surface area (Å²) in [5.74, 6) is -0.283. The predicted octanol–water partition coefficient (Wildman–Crippen LogP) is -1.43. The van der Waals surface area contributed by atoms with E-state index in [0.717, 1.165) is 0 Å². The lowest BCUT2D eigenvalue weighted by molar-refractivity contribution is -0.814. The van der Waals surface area contributed by atoms with Crippen LogP contribution in [-0.4, -0.2) is 54.5 Å². The summed E-state index contributed by atoms with van der Waals surface area (Å²) >= 11 is 0. The number of quaternary nitrogens is 1. The van der Waals surface area contributed by atoms with E-state index in [1.165, 1.54) is 0 Å². The van der Waals surface area contributed by atoms with Crippen molar-refractivity contribution in [2.24, 2.45) is 0 Å². The van der Waals surface area contributed by atoms with E-state index in [1.807, 2.05) is 0 Å². The van der Waals surface area contributed by atoms with E-state index >= 15 is 0 Å². The third kappa shape index (κ3) is 2.43. The summed E-state index contributed by atoms with van der Waals surface area (Å²) in [6.07, 6.45) is 0. The molecule has 1 amide bonds. The number of nitrogens with zero attached hydrogens (tertiary/aromatic N) is 1. The summed E-state index contributed by atoms with van der Waals surface area (Å²) in [7, 11) is 3.30. The third-order valence-electron chi connectivity index (χ3n) is 1.47. The molecule has 0 radical (unpaired) electrons. The summed E-state index contributed by atoms with van der Waals surface area (Å²) in [6, 6.07) is 0. The Bertz CT molecular complexity index is 122. The van der Waals surface area contributed by atoms with Crippen LogP contribution in [0.4, 0.5) is 0 Å². The number of carbonyl (C=O) groups excluding carboxylic acids is 1. The average Bonchev–Trinajstić information content (AvgIpc) is 1.86. The normalized spacial score (nSPS) is 11.6. The maximum absolute atomic E-state index is 10.8. The molecule has 0 rings (SSSR count). The van der Waals surface area contributed by atoms with Gasteiger partial charge in [0, 0.05) is 0 Å². The number of likely N-dealkylation sites (N-methyl/N-ethyl adjacent to an activating group) is 1. The van der Waals surface area contributed by atoms with Crippen molar-refractivity contribution in [1.29, 1.82) is 0 Å². The first-order valence-corrected chi connectivity index (χ1v) is 3.12. The highest BCUT2D eigenvalue weighted by atomic mass is 16.3. The van der Waals surface area contributed by atoms with Crippen molar-refractivity contribution >= 4 is 5.91 Å². The van der Waals surface area contributed by atoms with Gasteiger partial charge in [0.1, 0.15) is 6.54 Å². The van der Waals surface area contributed by atoms with Gasteiger partial charge in [0.2, 0.25) is 0 Å². The molecule has 0 spiro atoms. The molecule has 2 N–H and O–H groups in total. The Morgan fingerprint density at radius 3 is 2.20 bits per heavy atom. The Hall–Kier alpha value is -0.450. The molecule has 0 saturated carbocycles. The first-order chi connectivity index (χ1) is 4.54. The Morgan fingerprint density at radius 1 is 1.40 bits per heavy atom. The zero-order chi connectivity index (χ0) is 8.20. The molecule has 0 aliphatic heterocycles. The molecule has 0 heterocycles. The largest absolute Gasteiger partial charge is 0.390 e. The van der Waals surface area contributed by atoms with E-state index in [0.29, 0.717) is 6.54 Å². The molecule has 4 heteroatoms. The molecule has 0 aromatic heterocycles. The van der Waals surface area contributed by atoms with Crippen LogP contribution in [0.15, 0.2) is 0 Å². The Labute approximate surface area is 60.3 Å². The number of carbonyl (C=O) groups is 1. The SMILES string of the molecule is C[N+](C)(CCO)C(=O)CO. The second kappa shape index (κ2) is 3.65. The molecule has 60 valence electrons. The molecular formula is C6H14NO3+. The minimum Gasteiger partial charge on any atom is -0.390 e. The lowest BCUT2D eigenvalue weighted by Crippen LogP contribution is -2.48. The van der Waals surface area contributed by atoms with Gasteiger partial charge in [-0.2, -0.15) is 0 Å². The molecule has 10 heavy (non-hydrogen) atoms. The van der Waals surface area contributed by atoms with Gasteiger partial charge in [-0.05, 0) is 0 Å². The standard InChI is InChI=1S/C6H14NO3/c1-7(2,3-4-8)6(10)5-9/h8-9H,3-5H2,1-2H3/q+1. The second-order valence-corrected chi connectivity index (χ2v) is 2.68. The Kier molecular flexibility index (Phi) is 3.49. The molecule has 0 aromatic rings. The van der Waals surface area contributed by atoms with Gasteiger partial charge in [0.15, 0.2) is 6.61 Å². The first kappa shape index (κ1) is 9.55. The van der Waals surface area contributed by atoms with Crippen molar-refractivity contribution in [2.75, 3.05) is 33.9 Å². The quantitative estimate of drug-likeness (QED) is 0.483. The van der Waals surface area contributed by atoms with Crippen LogP contribution in [0.1, 0.15) is 0 Å². The van der Waals surface area contributed by atoms with Crippen LogP contribution in [0.2, 0.25) is 0 Å². The van der Waals surface area contributed by atoms with E-state index in [4.69, 9.17) is 10.2 Å². The monoisotopic (exact) mass is 148 g/mol. The Morgan fingerprint density at radius 2 is 1.90 bits per heavy atom. The Balaban J connectivity index is 3.96. The van der Waals surface area contributed by atoms with E-state index in [9.17, 15) is 4.79 Å². The number of hydrogen-bond donors (Lipinski definition) is 2. The first-order valence-electron chi connectivity index (χ1n) is 3.12. The van der Waals surface area contributed by atoms with Gasteiger partial charge in [-0.25, -0.2) is 4.79 Å². The van der Waals surface area contributed by atoms with Crippen molar-refractivity contribution < 1.29 is 19.5 Å². The molecule has 0 fully saturated rings. The zero-order valence-corrected chi connectivity index (χ0v) is 6.37. The minimum absolute atomic E-state index is 0.0347. The van der Waals surface area contributed by atoms with Crippen LogP contribution >= 0.6 is 0 Å². The summed E-state index contributed by atoms with van der Waals surface area (Å²) in [5, 5.41) is 16.9. The van der Waals surface area contributed by atoms with Gasteiger partial charge in [-0.1, -0.05) is 0 Å². The van der Waals surface area contributed by atoms with Gasteiger partial charge < -0.3 is 10.2 Å². The fourth-order valence-corrected chi connectivity index (χ4v) is 0.566. The molecule has 0 atom stereocenters. The van der Waals surface area contributed by atoms with Crippen LogP contribution in [0.5, 0.6) is 0 Å². The molecule has 0 aliphatic carbocycles. The lowest BCUT2D eigenvalue weighted by atomic mass is 10.4. The van der Waals surface area contributed by atoms with Gasteiger partial charge in [-0.3, -0.25) is 4.48 Å². The van der Waals surface area contributed by atoms with Crippen LogP contribution in [-0.2, 0) is 4.79 Å². The van der Waals surface area contributed by atoms with Crippen molar-refractivity contribution in [3.05, 3.63) is 0 Å². The number of hydrogen-bond acceptors (Lipinski definition) is 3. The number of rotatable bonds is 3. The summed E-state index contributed by atoms with van der Waals surface area (Å²) in [6.45, 7) is -0.162. The summed E-state index contributed by atoms with van der Waals surface area (Å²) in [4.78, 5) is 10.8. The highest BCUT2D eigenvalue weighted by molar-refractivity contribution is 5.69. The van der Waals surface area contributed by atoms with Gasteiger partial charge in [-0.15, -0.1) is 0 Å². The van der Waals surface area contributed by atoms with E-state index in [2.05, 4.69) is 0 Å². The zero-order valence-electron chi connectivity index (χ0n) is 6.37. The molecule has 0 aliphatic rings. The van der Waals surface area contributed by atoms with Crippen LogP contribution in [0, 0.1) is 0 Å². The molecular weight excluding hydrogens is 134 g/mol. The van der Waals surface area contributed by atoms with Crippen molar-refractivity contribution in [3.8, 4) is 0 Å². The number of amides is 1. The van der Waals surface area contributed by atoms with Crippen LogP contribution in [0.25, 0.3) is 0 Å². The topological polar surface area (TPSA) is 57.5 Å². The van der Waals surface area contributed by atoms with Gasteiger partial charge in [0.25, 0.3) is 0 Å². The summed E-state index contributed by atoms with van der Waals surface area (Å²) < 4.78 is 0.0347. The van der Waals surface area contributed by atoms with Gasteiger partial charge in [0.05, 0.1) is 20.7 Å². The highest BCUT2D eigenvalue weighted by Gasteiger charge is 2.23. The van der Waals surface area contributed by atoms with Crippen molar-refractivity contribution in [2.45, 2.75) is 0 Å². The molecule has 4 nitrogen and oxygen atoms in total. The van der Waals surface area contributed by atoms with Crippen molar-refractivity contribution in [1.82, 2.24) is 0 Å². The molecule has 0 unspecified atom stereocenters. The van der Waals surface area contributed by atoms with E-state index in [-0.39, 0.29) is 17.0 Å². The number of aliphatic hydroxyl groups is 2. The highest BCUT2D eigenvalue weighted by Crippen LogP contribution is 1.95. The maximum atomic E-state index is 10.8. The van der Waals surface area contributed by atoms with Crippen LogP contribution in [0.3, 0.4) is 0 Å². The van der Waals surface area contributed by atoms with Crippen LogP contribution < -0.4 is 0 Å². The lowest BCUT2D eigenvalue weighted by Gasteiger charge is -2.24. The minimum atomic E-state index is -0.465. The smallest absolute Gasteiger partial charge is 0.338 e.